The summed E-state index contributed by atoms with van der Waals surface area (Å²) in [6, 6.07) is 0. The maximum Gasteiger partial charge on any atom is 0.349 e. The molecule has 0 bridgehead atoms. The summed E-state index contributed by atoms with van der Waals surface area (Å²) < 4.78 is 7.07. The molecule has 0 aliphatic rings. The zero-order valence-electron chi connectivity index (χ0n) is 9.18. The highest BCUT2D eigenvalue weighted by molar-refractivity contribution is 7.71. The molecule has 1 aromatic rings. The van der Waals surface area contributed by atoms with Crippen molar-refractivity contribution >= 4 is 18.2 Å². The lowest BCUT2D eigenvalue weighted by Crippen LogP contribution is -2.29. The molecule has 0 radical (unpaired) electrons. The fourth-order valence-corrected chi connectivity index (χ4v) is 1.38. The number of ether oxygens (including phenoxy) is 1. The number of esters is 1. The van der Waals surface area contributed by atoms with Crippen molar-refractivity contribution in [2.24, 2.45) is 14.1 Å². The molecular weight excluding hydrogens is 232 g/mol. The van der Waals surface area contributed by atoms with Crippen LogP contribution < -0.4 is 5.56 Å². The second kappa shape index (κ2) is 4.48. The van der Waals surface area contributed by atoms with Crippen molar-refractivity contribution in [1.29, 1.82) is 0 Å². The number of carbonyl (C=O) groups excluding carboxylic acids is 1. The second-order valence-corrected chi connectivity index (χ2v) is 3.49. The SMILES string of the molecule is CCOC(=O)c1c(O)n(C)c(=S)n(C)c1=O. The van der Waals surface area contributed by atoms with Gasteiger partial charge in [0, 0.05) is 14.1 Å². The highest BCUT2D eigenvalue weighted by Crippen LogP contribution is 2.12. The number of carbonyl (C=O) groups is 1. The van der Waals surface area contributed by atoms with Crippen LogP contribution in [0.5, 0.6) is 5.88 Å². The number of aromatic hydroxyl groups is 1. The van der Waals surface area contributed by atoms with E-state index in [0.29, 0.717) is 0 Å². The molecule has 16 heavy (non-hydrogen) atoms. The number of aromatic nitrogens is 2. The fraction of sp³-hybridized carbons (Fsp3) is 0.444. The molecule has 0 aliphatic carbocycles. The summed E-state index contributed by atoms with van der Waals surface area (Å²) in [6.45, 7) is 1.74. The number of rotatable bonds is 2. The molecule has 1 heterocycles. The van der Waals surface area contributed by atoms with Gasteiger partial charge in [-0.15, -0.1) is 0 Å². The van der Waals surface area contributed by atoms with Gasteiger partial charge in [-0.25, -0.2) is 4.79 Å². The quantitative estimate of drug-likeness (QED) is 0.599. The first-order chi connectivity index (χ1) is 7.41. The lowest BCUT2D eigenvalue weighted by Gasteiger charge is -2.10. The minimum atomic E-state index is -0.855. The molecule has 88 valence electrons. The first-order valence-electron chi connectivity index (χ1n) is 4.57. The van der Waals surface area contributed by atoms with E-state index in [1.807, 2.05) is 0 Å². The first-order valence-corrected chi connectivity index (χ1v) is 4.98. The van der Waals surface area contributed by atoms with E-state index >= 15 is 0 Å². The van der Waals surface area contributed by atoms with Gasteiger partial charge in [-0.3, -0.25) is 13.9 Å². The number of hydrogen-bond acceptors (Lipinski definition) is 5. The van der Waals surface area contributed by atoms with Gasteiger partial charge in [-0.05, 0) is 19.1 Å². The number of nitrogens with zero attached hydrogens (tertiary/aromatic N) is 2. The van der Waals surface area contributed by atoms with Gasteiger partial charge in [0.15, 0.2) is 10.3 Å². The zero-order valence-corrected chi connectivity index (χ0v) is 10.00. The Hall–Kier alpha value is -1.63. The third-order valence-corrected chi connectivity index (χ3v) is 2.66. The topological polar surface area (TPSA) is 73.5 Å². The molecule has 0 fully saturated rings. The van der Waals surface area contributed by atoms with Gasteiger partial charge in [-0.2, -0.15) is 0 Å². The average molecular weight is 244 g/mol. The van der Waals surface area contributed by atoms with E-state index < -0.39 is 23.0 Å². The second-order valence-electron chi connectivity index (χ2n) is 3.12. The molecule has 1 aromatic heterocycles. The van der Waals surface area contributed by atoms with Crippen LogP contribution in [0, 0.1) is 4.77 Å². The van der Waals surface area contributed by atoms with Crippen LogP contribution in [-0.2, 0) is 18.8 Å². The maximum absolute atomic E-state index is 11.7. The van der Waals surface area contributed by atoms with Gasteiger partial charge >= 0.3 is 5.97 Å². The van der Waals surface area contributed by atoms with Crippen molar-refractivity contribution in [2.45, 2.75) is 6.92 Å². The highest BCUT2D eigenvalue weighted by atomic mass is 32.1. The van der Waals surface area contributed by atoms with E-state index in [-0.39, 0.29) is 11.4 Å². The van der Waals surface area contributed by atoms with Crippen LogP contribution in [0.1, 0.15) is 17.3 Å². The smallest absolute Gasteiger partial charge is 0.349 e. The molecule has 0 unspecified atom stereocenters. The summed E-state index contributed by atoms with van der Waals surface area (Å²) in [4.78, 5) is 23.2. The molecular formula is C9H12N2O4S. The van der Waals surface area contributed by atoms with Gasteiger partial charge in [0.25, 0.3) is 5.56 Å². The van der Waals surface area contributed by atoms with Crippen LogP contribution >= 0.6 is 12.2 Å². The van der Waals surface area contributed by atoms with Crippen molar-refractivity contribution < 1.29 is 14.6 Å². The standard InChI is InChI=1S/C9H12N2O4S/c1-4-15-8(14)5-6(12)10(2)9(16)11(3)7(5)13/h12H,4H2,1-3H3. The van der Waals surface area contributed by atoms with E-state index in [1.165, 1.54) is 18.7 Å². The van der Waals surface area contributed by atoms with Gasteiger partial charge in [0.1, 0.15) is 0 Å². The molecule has 1 rings (SSSR count). The minimum absolute atomic E-state index is 0.121. The van der Waals surface area contributed by atoms with Crippen LogP contribution in [0.3, 0.4) is 0 Å². The molecule has 0 saturated heterocycles. The lowest BCUT2D eigenvalue weighted by atomic mass is 10.3. The van der Waals surface area contributed by atoms with E-state index in [0.717, 1.165) is 4.57 Å². The zero-order chi connectivity index (χ0) is 12.5. The Morgan fingerprint density at radius 2 is 2.00 bits per heavy atom. The van der Waals surface area contributed by atoms with Crippen molar-refractivity contribution in [3.8, 4) is 5.88 Å². The van der Waals surface area contributed by atoms with Crippen molar-refractivity contribution in [1.82, 2.24) is 9.13 Å². The Morgan fingerprint density at radius 3 is 2.50 bits per heavy atom. The molecule has 0 saturated carbocycles. The number of hydrogen-bond donors (Lipinski definition) is 1. The first kappa shape index (κ1) is 12.4. The van der Waals surface area contributed by atoms with Gasteiger partial charge in [0.2, 0.25) is 5.88 Å². The van der Waals surface area contributed by atoms with Gasteiger partial charge < -0.3 is 9.84 Å². The average Bonchev–Trinajstić information content (AvgIpc) is 2.24. The summed E-state index contributed by atoms with van der Waals surface area (Å²) in [6.07, 6.45) is 0. The molecule has 0 spiro atoms. The van der Waals surface area contributed by atoms with Crippen molar-refractivity contribution in [2.75, 3.05) is 6.61 Å². The third-order valence-electron chi connectivity index (χ3n) is 2.11. The summed E-state index contributed by atoms with van der Waals surface area (Å²) in [5.74, 6) is -1.34. The molecule has 6 nitrogen and oxygen atoms in total. The summed E-state index contributed by atoms with van der Waals surface area (Å²) in [7, 11) is 2.88. The monoisotopic (exact) mass is 244 g/mol. The molecule has 1 N–H and O–H groups in total. The Labute approximate surface area is 96.7 Å². The lowest BCUT2D eigenvalue weighted by molar-refractivity contribution is 0.0518. The predicted octanol–water partition coefficient (Wildman–Crippen LogP) is 0.336. The van der Waals surface area contributed by atoms with Crippen molar-refractivity contribution in [3.63, 3.8) is 0 Å². The Kier molecular flexibility index (Phi) is 3.48. The van der Waals surface area contributed by atoms with Crippen LogP contribution in [0.15, 0.2) is 4.79 Å². The normalized spacial score (nSPS) is 10.2. The van der Waals surface area contributed by atoms with Gasteiger partial charge in [0.05, 0.1) is 6.61 Å². The van der Waals surface area contributed by atoms with E-state index in [4.69, 9.17) is 12.2 Å². The highest BCUT2D eigenvalue weighted by Gasteiger charge is 2.21. The van der Waals surface area contributed by atoms with Crippen LogP contribution in [0.2, 0.25) is 0 Å². The molecule has 0 aromatic carbocycles. The molecule has 0 aliphatic heterocycles. The molecule has 7 heteroatoms. The molecule has 0 amide bonds. The summed E-state index contributed by atoms with van der Waals surface area (Å²) >= 11 is 4.89. The Balaban J connectivity index is 3.59. The largest absolute Gasteiger partial charge is 0.494 e. The summed E-state index contributed by atoms with van der Waals surface area (Å²) in [5, 5.41) is 9.66. The maximum atomic E-state index is 11.7. The van der Waals surface area contributed by atoms with Crippen LogP contribution in [-0.4, -0.2) is 26.8 Å². The van der Waals surface area contributed by atoms with Crippen molar-refractivity contribution in [3.05, 3.63) is 20.7 Å². The van der Waals surface area contributed by atoms with E-state index in [9.17, 15) is 14.7 Å². The fourth-order valence-electron chi connectivity index (χ4n) is 1.22. The Bertz CT molecular complexity index is 544. The summed E-state index contributed by atoms with van der Waals surface area (Å²) in [5.41, 5.74) is -1.07. The molecule has 0 atom stereocenters. The van der Waals surface area contributed by atoms with Crippen LogP contribution in [0.25, 0.3) is 0 Å². The Morgan fingerprint density at radius 1 is 1.44 bits per heavy atom. The van der Waals surface area contributed by atoms with E-state index in [2.05, 4.69) is 4.74 Å². The third kappa shape index (κ3) is 1.85. The van der Waals surface area contributed by atoms with E-state index in [1.54, 1.807) is 6.92 Å². The minimum Gasteiger partial charge on any atom is -0.494 e. The van der Waals surface area contributed by atoms with Gasteiger partial charge in [-0.1, -0.05) is 0 Å². The van der Waals surface area contributed by atoms with Crippen LogP contribution in [0.4, 0.5) is 0 Å². The predicted molar refractivity (Wildman–Crippen MR) is 59.1 cm³/mol.